The van der Waals surface area contributed by atoms with Crippen LogP contribution in [0.2, 0.25) is 0 Å². The van der Waals surface area contributed by atoms with E-state index in [1.807, 2.05) is 30.3 Å². The summed E-state index contributed by atoms with van der Waals surface area (Å²) in [6.45, 7) is 0.439. The molecule has 0 spiro atoms. The van der Waals surface area contributed by atoms with E-state index in [0.29, 0.717) is 12.2 Å². The van der Waals surface area contributed by atoms with E-state index in [0.717, 1.165) is 16.6 Å². The summed E-state index contributed by atoms with van der Waals surface area (Å²) in [6.07, 6.45) is 3.27. The number of amides is 1. The van der Waals surface area contributed by atoms with Crippen LogP contribution in [0.3, 0.4) is 0 Å². The Balaban J connectivity index is 1.75. The number of hydrogen-bond acceptors (Lipinski definition) is 2. The van der Waals surface area contributed by atoms with Crippen LogP contribution in [0.15, 0.2) is 42.9 Å². The number of aromatic nitrogens is 3. The van der Waals surface area contributed by atoms with Crippen molar-refractivity contribution in [1.29, 1.82) is 0 Å². The van der Waals surface area contributed by atoms with Crippen molar-refractivity contribution in [3.8, 4) is 0 Å². The molecule has 18 heavy (non-hydrogen) atoms. The van der Waals surface area contributed by atoms with Gasteiger partial charge in [0.1, 0.15) is 5.69 Å². The Morgan fingerprint density at radius 2 is 2.22 bits per heavy atom. The minimum Gasteiger partial charge on any atom is -0.351 e. The number of fused-ring (bicyclic) bond motifs is 1. The first-order chi connectivity index (χ1) is 8.83. The van der Waals surface area contributed by atoms with Gasteiger partial charge in [0.25, 0.3) is 5.91 Å². The first kappa shape index (κ1) is 10.6. The second-order valence-electron chi connectivity index (χ2n) is 4.03. The van der Waals surface area contributed by atoms with Crippen LogP contribution >= 0.6 is 0 Å². The number of imidazole rings is 1. The summed E-state index contributed by atoms with van der Waals surface area (Å²) in [5.74, 6) is -0.124. The van der Waals surface area contributed by atoms with E-state index in [1.165, 1.54) is 0 Å². The van der Waals surface area contributed by atoms with Crippen LogP contribution < -0.4 is 5.32 Å². The molecule has 2 heterocycles. The van der Waals surface area contributed by atoms with Gasteiger partial charge in [0.05, 0.1) is 18.6 Å². The number of nitrogens with one attached hydrogen (secondary N) is 3. The molecule has 3 N–H and O–H groups in total. The third-order valence-corrected chi connectivity index (χ3v) is 2.77. The van der Waals surface area contributed by atoms with Gasteiger partial charge >= 0.3 is 0 Å². The lowest BCUT2D eigenvalue weighted by Crippen LogP contribution is -2.23. The smallest absolute Gasteiger partial charge is 0.268 e. The molecule has 0 bridgehead atoms. The summed E-state index contributed by atoms with van der Waals surface area (Å²) in [6, 6.07) is 9.64. The largest absolute Gasteiger partial charge is 0.351 e. The van der Waals surface area contributed by atoms with E-state index in [9.17, 15) is 4.79 Å². The molecule has 3 aromatic rings. The van der Waals surface area contributed by atoms with Crippen molar-refractivity contribution in [3.05, 3.63) is 54.2 Å². The monoisotopic (exact) mass is 240 g/mol. The number of nitrogens with zero attached hydrogens (tertiary/aromatic N) is 1. The topological polar surface area (TPSA) is 73.6 Å². The fraction of sp³-hybridized carbons (Fsp3) is 0.0769. The maximum absolute atomic E-state index is 11.9. The third kappa shape index (κ3) is 1.98. The van der Waals surface area contributed by atoms with Gasteiger partial charge in [0.2, 0.25) is 0 Å². The summed E-state index contributed by atoms with van der Waals surface area (Å²) < 4.78 is 0. The highest BCUT2D eigenvalue weighted by molar-refractivity contribution is 5.97. The summed E-state index contributed by atoms with van der Waals surface area (Å²) in [5, 5.41) is 3.85. The Hall–Kier alpha value is -2.56. The number of rotatable bonds is 3. The van der Waals surface area contributed by atoms with Crippen molar-refractivity contribution in [3.63, 3.8) is 0 Å². The van der Waals surface area contributed by atoms with Crippen molar-refractivity contribution in [2.75, 3.05) is 0 Å². The van der Waals surface area contributed by atoms with Crippen LogP contribution in [0.1, 0.15) is 16.2 Å². The first-order valence-corrected chi connectivity index (χ1v) is 5.66. The van der Waals surface area contributed by atoms with Crippen molar-refractivity contribution < 1.29 is 4.79 Å². The average Bonchev–Trinajstić information content (AvgIpc) is 3.04. The number of carbonyl (C=O) groups is 1. The normalized spacial score (nSPS) is 10.7. The van der Waals surface area contributed by atoms with Crippen LogP contribution in [0.5, 0.6) is 0 Å². The van der Waals surface area contributed by atoms with Gasteiger partial charge in [-0.2, -0.15) is 0 Å². The highest BCUT2D eigenvalue weighted by Gasteiger charge is 2.08. The van der Waals surface area contributed by atoms with Crippen molar-refractivity contribution >= 4 is 16.8 Å². The van der Waals surface area contributed by atoms with E-state index < -0.39 is 0 Å². The second-order valence-corrected chi connectivity index (χ2v) is 4.03. The van der Waals surface area contributed by atoms with Gasteiger partial charge in [-0.25, -0.2) is 4.98 Å². The van der Waals surface area contributed by atoms with Gasteiger partial charge in [-0.3, -0.25) is 4.79 Å². The van der Waals surface area contributed by atoms with E-state index in [4.69, 9.17) is 0 Å². The zero-order chi connectivity index (χ0) is 12.4. The molecule has 5 nitrogen and oxygen atoms in total. The Morgan fingerprint density at radius 3 is 3.00 bits per heavy atom. The SMILES string of the molecule is O=C(NCc1cnc[nH]1)c1cc2ccccc2[nH]1. The maximum atomic E-state index is 11.9. The lowest BCUT2D eigenvalue weighted by molar-refractivity contribution is 0.0946. The summed E-state index contributed by atoms with van der Waals surface area (Å²) in [5.41, 5.74) is 2.40. The molecule has 0 radical (unpaired) electrons. The molecule has 1 amide bonds. The van der Waals surface area contributed by atoms with E-state index in [-0.39, 0.29) is 5.91 Å². The number of H-pyrrole nitrogens is 2. The first-order valence-electron chi connectivity index (χ1n) is 5.66. The molecule has 5 heteroatoms. The van der Waals surface area contributed by atoms with Crippen LogP contribution in [-0.4, -0.2) is 20.9 Å². The predicted octanol–water partition coefficient (Wildman–Crippen LogP) is 1.82. The summed E-state index contributed by atoms with van der Waals surface area (Å²) >= 11 is 0. The third-order valence-electron chi connectivity index (χ3n) is 2.77. The van der Waals surface area contributed by atoms with Crippen LogP contribution in [0, 0.1) is 0 Å². The highest BCUT2D eigenvalue weighted by atomic mass is 16.1. The van der Waals surface area contributed by atoms with Gasteiger partial charge in [0.15, 0.2) is 0 Å². The molecule has 0 aliphatic carbocycles. The molecule has 0 aliphatic heterocycles. The van der Waals surface area contributed by atoms with Gasteiger partial charge in [-0.05, 0) is 12.1 Å². The van der Waals surface area contributed by atoms with Crippen molar-refractivity contribution in [2.24, 2.45) is 0 Å². The Bertz CT molecular complexity index is 636. The lowest BCUT2D eigenvalue weighted by Gasteiger charge is -2.00. The van der Waals surface area contributed by atoms with Gasteiger partial charge < -0.3 is 15.3 Å². The fourth-order valence-corrected chi connectivity index (χ4v) is 1.85. The quantitative estimate of drug-likeness (QED) is 0.653. The van der Waals surface area contributed by atoms with Crippen molar-refractivity contribution in [2.45, 2.75) is 6.54 Å². The number of carbonyl (C=O) groups excluding carboxylic acids is 1. The summed E-state index contributed by atoms with van der Waals surface area (Å²) in [7, 11) is 0. The Kier molecular flexibility index (Phi) is 2.57. The molecule has 2 aromatic heterocycles. The zero-order valence-electron chi connectivity index (χ0n) is 9.60. The molecule has 0 atom stereocenters. The molecule has 0 unspecified atom stereocenters. The van der Waals surface area contributed by atoms with E-state index >= 15 is 0 Å². The van der Waals surface area contributed by atoms with Gasteiger partial charge in [-0.15, -0.1) is 0 Å². The fourth-order valence-electron chi connectivity index (χ4n) is 1.85. The predicted molar refractivity (Wildman–Crippen MR) is 68.1 cm³/mol. The minimum atomic E-state index is -0.124. The lowest BCUT2D eigenvalue weighted by atomic mass is 10.2. The van der Waals surface area contributed by atoms with Gasteiger partial charge in [-0.1, -0.05) is 18.2 Å². The average molecular weight is 240 g/mol. The molecule has 0 saturated heterocycles. The standard InChI is InChI=1S/C13H12N4O/c18-13(15-7-10-6-14-8-16-10)12-5-9-3-1-2-4-11(9)17-12/h1-6,8,17H,7H2,(H,14,16)(H,15,18). The summed E-state index contributed by atoms with van der Waals surface area (Å²) in [4.78, 5) is 21.8. The number of para-hydroxylation sites is 1. The van der Waals surface area contributed by atoms with Gasteiger partial charge in [0, 0.05) is 17.1 Å². The molecule has 0 aliphatic rings. The second kappa shape index (κ2) is 4.37. The van der Waals surface area contributed by atoms with Crippen LogP contribution in [-0.2, 0) is 6.54 Å². The van der Waals surface area contributed by atoms with E-state index in [2.05, 4.69) is 20.3 Å². The number of aromatic amines is 2. The van der Waals surface area contributed by atoms with Crippen LogP contribution in [0.4, 0.5) is 0 Å². The van der Waals surface area contributed by atoms with Crippen molar-refractivity contribution in [1.82, 2.24) is 20.3 Å². The Morgan fingerprint density at radius 1 is 1.33 bits per heavy atom. The zero-order valence-corrected chi connectivity index (χ0v) is 9.60. The number of hydrogen-bond donors (Lipinski definition) is 3. The molecular weight excluding hydrogens is 228 g/mol. The molecule has 3 rings (SSSR count). The molecular formula is C13H12N4O. The molecule has 0 saturated carbocycles. The molecule has 90 valence electrons. The molecule has 0 fully saturated rings. The highest BCUT2D eigenvalue weighted by Crippen LogP contribution is 2.14. The van der Waals surface area contributed by atoms with E-state index in [1.54, 1.807) is 12.5 Å². The maximum Gasteiger partial charge on any atom is 0.268 e. The number of benzene rings is 1. The minimum absolute atomic E-state index is 0.124. The molecule has 1 aromatic carbocycles. The van der Waals surface area contributed by atoms with Crippen LogP contribution in [0.25, 0.3) is 10.9 Å². The Labute approximate surface area is 103 Å².